The van der Waals surface area contributed by atoms with E-state index < -0.39 is 0 Å². The maximum absolute atomic E-state index is 11.9. The number of anilines is 1. The highest BCUT2D eigenvalue weighted by atomic mass is 32.1. The summed E-state index contributed by atoms with van der Waals surface area (Å²) in [5, 5.41) is 4.10. The van der Waals surface area contributed by atoms with E-state index in [1.165, 1.54) is 10.8 Å². The second-order valence-electron chi connectivity index (χ2n) is 6.49. The molecule has 2 aromatic heterocycles. The van der Waals surface area contributed by atoms with Crippen molar-refractivity contribution in [1.82, 2.24) is 10.3 Å². The molecule has 6 heteroatoms. The van der Waals surface area contributed by atoms with Crippen LogP contribution in [0, 0.1) is 5.92 Å². The highest BCUT2D eigenvalue weighted by Crippen LogP contribution is 2.31. The van der Waals surface area contributed by atoms with E-state index >= 15 is 0 Å². The molecule has 0 spiro atoms. The molecular formula is C20H21N3O2S. The lowest BCUT2D eigenvalue weighted by molar-refractivity contribution is -0.116. The number of thiazole rings is 1. The van der Waals surface area contributed by atoms with Crippen molar-refractivity contribution in [2.75, 3.05) is 24.5 Å². The third kappa shape index (κ3) is 3.96. The summed E-state index contributed by atoms with van der Waals surface area (Å²) >= 11 is 1.76. The number of para-hydroxylation sites is 1. The number of furan rings is 1. The molecule has 5 nitrogen and oxygen atoms in total. The molecule has 1 aliphatic heterocycles. The van der Waals surface area contributed by atoms with Crippen molar-refractivity contribution in [3.63, 3.8) is 0 Å². The second kappa shape index (κ2) is 7.74. The number of carbonyl (C=O) groups is 1. The van der Waals surface area contributed by atoms with Gasteiger partial charge in [-0.05, 0) is 49.1 Å². The fourth-order valence-corrected chi connectivity index (χ4v) is 4.19. The molecule has 0 atom stereocenters. The number of nitrogens with one attached hydrogen (secondary N) is 1. The van der Waals surface area contributed by atoms with Gasteiger partial charge >= 0.3 is 0 Å². The van der Waals surface area contributed by atoms with Crippen molar-refractivity contribution in [3.8, 4) is 0 Å². The average molecular weight is 367 g/mol. The first kappa shape index (κ1) is 16.8. The van der Waals surface area contributed by atoms with Crippen LogP contribution >= 0.6 is 11.3 Å². The van der Waals surface area contributed by atoms with Gasteiger partial charge in [0.1, 0.15) is 5.76 Å². The first-order valence-electron chi connectivity index (χ1n) is 8.88. The third-order valence-electron chi connectivity index (χ3n) is 4.67. The third-order valence-corrected chi connectivity index (χ3v) is 5.77. The molecular weight excluding hydrogens is 346 g/mol. The summed E-state index contributed by atoms with van der Waals surface area (Å²) in [4.78, 5) is 19.0. The summed E-state index contributed by atoms with van der Waals surface area (Å²) in [7, 11) is 0. The highest BCUT2D eigenvalue weighted by molar-refractivity contribution is 7.22. The van der Waals surface area contributed by atoms with Crippen molar-refractivity contribution in [1.29, 1.82) is 0 Å². The van der Waals surface area contributed by atoms with Crippen molar-refractivity contribution >= 4 is 38.7 Å². The molecule has 0 radical (unpaired) electrons. The van der Waals surface area contributed by atoms with Gasteiger partial charge < -0.3 is 14.6 Å². The number of hydrogen-bond donors (Lipinski definition) is 1. The quantitative estimate of drug-likeness (QED) is 0.694. The number of carbonyl (C=O) groups excluding carboxylic acids is 1. The van der Waals surface area contributed by atoms with Crippen molar-refractivity contribution in [3.05, 3.63) is 54.5 Å². The highest BCUT2D eigenvalue weighted by Gasteiger charge is 2.21. The fraction of sp³-hybridized carbons (Fsp3) is 0.300. The van der Waals surface area contributed by atoms with E-state index in [4.69, 9.17) is 9.40 Å². The summed E-state index contributed by atoms with van der Waals surface area (Å²) in [6, 6.07) is 11.9. The summed E-state index contributed by atoms with van der Waals surface area (Å²) in [5.41, 5.74) is 1.07. The van der Waals surface area contributed by atoms with Crippen LogP contribution in [0.1, 0.15) is 18.6 Å². The largest absolute Gasteiger partial charge is 0.465 e. The molecule has 26 heavy (non-hydrogen) atoms. The first-order valence-corrected chi connectivity index (χ1v) is 9.69. The zero-order valence-electron chi connectivity index (χ0n) is 14.4. The van der Waals surface area contributed by atoms with Crippen LogP contribution in [-0.2, 0) is 4.79 Å². The molecule has 1 aromatic carbocycles. The smallest absolute Gasteiger partial charge is 0.244 e. The Hall–Kier alpha value is -2.60. The number of benzene rings is 1. The van der Waals surface area contributed by atoms with E-state index in [1.54, 1.807) is 29.7 Å². The van der Waals surface area contributed by atoms with Gasteiger partial charge in [-0.15, -0.1) is 0 Å². The van der Waals surface area contributed by atoms with Crippen molar-refractivity contribution < 1.29 is 9.21 Å². The fourth-order valence-electron chi connectivity index (χ4n) is 3.17. The Labute approximate surface area is 156 Å². The average Bonchev–Trinajstić information content (AvgIpc) is 3.34. The monoisotopic (exact) mass is 367 g/mol. The molecule has 1 amide bonds. The minimum atomic E-state index is -0.0741. The van der Waals surface area contributed by atoms with Crippen LogP contribution in [0.15, 0.2) is 53.2 Å². The van der Waals surface area contributed by atoms with Gasteiger partial charge in [0.05, 0.1) is 16.5 Å². The lowest BCUT2D eigenvalue weighted by Gasteiger charge is -2.31. The summed E-state index contributed by atoms with van der Waals surface area (Å²) in [6.45, 7) is 2.69. The Bertz CT molecular complexity index is 860. The van der Waals surface area contributed by atoms with E-state index in [0.717, 1.165) is 43.1 Å². The molecule has 3 aromatic rings. The molecule has 1 saturated heterocycles. The molecule has 3 heterocycles. The van der Waals surface area contributed by atoms with Gasteiger partial charge in [0.2, 0.25) is 5.91 Å². The Morgan fingerprint density at radius 3 is 2.88 bits per heavy atom. The predicted octanol–water partition coefficient (Wildman–Crippen LogP) is 3.94. The normalized spacial score (nSPS) is 15.8. The minimum Gasteiger partial charge on any atom is -0.465 e. The van der Waals surface area contributed by atoms with Crippen molar-refractivity contribution in [2.24, 2.45) is 5.92 Å². The lowest BCUT2D eigenvalue weighted by Crippen LogP contribution is -2.38. The van der Waals surface area contributed by atoms with Gasteiger partial charge in [-0.25, -0.2) is 4.98 Å². The Morgan fingerprint density at radius 2 is 2.12 bits per heavy atom. The van der Waals surface area contributed by atoms with Gasteiger partial charge in [-0.3, -0.25) is 4.79 Å². The van der Waals surface area contributed by atoms with Crippen LogP contribution in [0.2, 0.25) is 0 Å². The Kier molecular flexibility index (Phi) is 5.02. The van der Waals surface area contributed by atoms with Crippen LogP contribution < -0.4 is 10.2 Å². The molecule has 4 rings (SSSR count). The number of piperidine rings is 1. The van der Waals surface area contributed by atoms with Gasteiger partial charge in [-0.2, -0.15) is 0 Å². The number of fused-ring (bicyclic) bond motifs is 1. The predicted molar refractivity (Wildman–Crippen MR) is 105 cm³/mol. The molecule has 134 valence electrons. The van der Waals surface area contributed by atoms with E-state index in [2.05, 4.69) is 28.4 Å². The topological polar surface area (TPSA) is 58.4 Å². The van der Waals surface area contributed by atoms with Crippen LogP contribution in [0.4, 0.5) is 5.13 Å². The Morgan fingerprint density at radius 1 is 1.27 bits per heavy atom. The summed E-state index contributed by atoms with van der Waals surface area (Å²) < 4.78 is 6.41. The molecule has 1 N–H and O–H groups in total. The first-order chi connectivity index (χ1) is 12.8. The van der Waals surface area contributed by atoms with Gasteiger partial charge in [0.15, 0.2) is 5.13 Å². The standard InChI is InChI=1S/C20H21N3O2S/c24-19(8-7-16-4-3-13-25-16)21-14-15-9-11-23(12-10-15)20-22-17-5-1-2-6-18(17)26-20/h1-8,13,15H,9-12,14H2,(H,21,24). The minimum absolute atomic E-state index is 0.0741. The molecule has 0 saturated carbocycles. The van der Waals surface area contributed by atoms with Crippen LogP contribution in [-0.4, -0.2) is 30.5 Å². The van der Waals surface area contributed by atoms with Gasteiger partial charge in [-0.1, -0.05) is 23.5 Å². The molecule has 0 unspecified atom stereocenters. The van der Waals surface area contributed by atoms with Crippen LogP contribution in [0.3, 0.4) is 0 Å². The maximum Gasteiger partial charge on any atom is 0.244 e. The van der Waals surface area contributed by atoms with Crippen molar-refractivity contribution in [2.45, 2.75) is 12.8 Å². The number of nitrogens with zero attached hydrogens (tertiary/aromatic N) is 2. The Balaban J connectivity index is 1.25. The van der Waals surface area contributed by atoms with Crippen LogP contribution in [0.25, 0.3) is 16.3 Å². The van der Waals surface area contributed by atoms with E-state index in [1.807, 2.05) is 12.1 Å². The molecule has 0 bridgehead atoms. The van der Waals surface area contributed by atoms with E-state index in [9.17, 15) is 4.79 Å². The number of rotatable bonds is 5. The molecule has 1 fully saturated rings. The number of aromatic nitrogens is 1. The molecule has 1 aliphatic rings. The zero-order valence-corrected chi connectivity index (χ0v) is 15.2. The van der Waals surface area contributed by atoms with E-state index in [0.29, 0.717) is 11.7 Å². The maximum atomic E-state index is 11.9. The van der Waals surface area contributed by atoms with Gasteiger partial charge in [0.25, 0.3) is 0 Å². The lowest BCUT2D eigenvalue weighted by atomic mass is 9.97. The SMILES string of the molecule is O=C(C=Cc1ccco1)NCC1CCN(c2nc3ccccc3s2)CC1. The summed E-state index contributed by atoms with van der Waals surface area (Å²) in [5.74, 6) is 1.13. The van der Waals surface area contributed by atoms with E-state index in [-0.39, 0.29) is 5.91 Å². The number of amides is 1. The summed E-state index contributed by atoms with van der Waals surface area (Å²) in [6.07, 6.45) is 6.94. The molecule has 0 aliphatic carbocycles. The zero-order chi connectivity index (χ0) is 17.8. The van der Waals surface area contributed by atoms with Crippen LogP contribution in [0.5, 0.6) is 0 Å². The second-order valence-corrected chi connectivity index (χ2v) is 7.50. The van der Waals surface area contributed by atoms with Gasteiger partial charge in [0, 0.05) is 25.7 Å². The number of hydrogen-bond acceptors (Lipinski definition) is 5.